The van der Waals surface area contributed by atoms with E-state index in [1.54, 1.807) is 0 Å². The molecule has 2 heteroatoms. The van der Waals surface area contributed by atoms with Gasteiger partial charge in [-0.1, -0.05) is 64.5 Å². The van der Waals surface area contributed by atoms with Crippen molar-refractivity contribution >= 4 is 33.9 Å². The van der Waals surface area contributed by atoms with E-state index in [4.69, 9.17) is 0 Å². The molecule has 1 nitrogen and oxygen atoms in total. The number of carbonyl (C=O) groups is 1. The smallest absolute Gasteiger partial charge is 0.185 e. The van der Waals surface area contributed by atoms with Crippen LogP contribution in [0.2, 0.25) is 0 Å². The second-order valence-electron chi connectivity index (χ2n) is 5.45. The van der Waals surface area contributed by atoms with Crippen molar-refractivity contribution in [1.82, 2.24) is 0 Å². The number of benzene rings is 2. The summed E-state index contributed by atoms with van der Waals surface area (Å²) < 4.78 is 1.02. The first-order valence-corrected chi connectivity index (χ1v) is 8.29. The van der Waals surface area contributed by atoms with Crippen molar-refractivity contribution in [1.29, 1.82) is 0 Å². The summed E-state index contributed by atoms with van der Waals surface area (Å²) in [6.45, 7) is 0. The quantitative estimate of drug-likeness (QED) is 0.636. The molecular weight excluding hydrogens is 336 g/mol. The van der Waals surface area contributed by atoms with Gasteiger partial charge in [-0.15, -0.1) is 0 Å². The minimum atomic E-state index is 0.186. The molecule has 0 aromatic heterocycles. The number of halogens is 1. The van der Waals surface area contributed by atoms with Crippen molar-refractivity contribution in [3.05, 3.63) is 81.3 Å². The Morgan fingerprint density at radius 2 is 1.45 bits per heavy atom. The van der Waals surface area contributed by atoms with Gasteiger partial charge < -0.3 is 0 Å². The fourth-order valence-electron chi connectivity index (χ4n) is 2.71. The van der Waals surface area contributed by atoms with Crippen LogP contribution in [0.1, 0.15) is 30.4 Å². The molecule has 0 aliphatic heterocycles. The summed E-state index contributed by atoms with van der Waals surface area (Å²) in [7, 11) is 0. The first kappa shape index (κ1) is 15.0. The predicted molar refractivity (Wildman–Crippen MR) is 95.4 cm³/mol. The Hall–Kier alpha value is -1.93. The highest BCUT2D eigenvalue weighted by molar-refractivity contribution is 9.10. The molecule has 110 valence electrons. The number of carbonyl (C=O) groups excluding carboxylic acids is 1. The van der Waals surface area contributed by atoms with Crippen LogP contribution < -0.4 is 0 Å². The summed E-state index contributed by atoms with van der Waals surface area (Å²) in [5, 5.41) is 0. The molecule has 0 bridgehead atoms. The zero-order valence-corrected chi connectivity index (χ0v) is 13.8. The summed E-state index contributed by atoms with van der Waals surface area (Å²) in [4.78, 5) is 12.7. The molecule has 1 fully saturated rings. The molecular formula is C20H17BrO. The van der Waals surface area contributed by atoms with Crippen molar-refractivity contribution in [2.24, 2.45) is 0 Å². The molecule has 1 aliphatic rings. The third-order valence-electron chi connectivity index (χ3n) is 3.85. The summed E-state index contributed by atoms with van der Waals surface area (Å²) in [5.41, 5.74) is 3.97. The Kier molecular flexibility index (Phi) is 4.69. The molecule has 1 aliphatic carbocycles. The third kappa shape index (κ3) is 3.45. The molecule has 2 aromatic rings. The number of Topliss-reactive ketones (excluding diaryl/α,β-unsaturated/α-hetero) is 1. The van der Waals surface area contributed by atoms with Crippen LogP contribution in [0.4, 0.5) is 0 Å². The standard InChI is InChI=1S/C20H17BrO/c21-19-12-5-4-9-16(19)14-18-11-6-10-17(20(18)22)13-15-7-2-1-3-8-15/h1-5,7-9,12-14H,6,10-11H2/b17-13+,18-14+. The fourth-order valence-corrected chi connectivity index (χ4v) is 3.11. The maximum Gasteiger partial charge on any atom is 0.185 e. The molecule has 3 rings (SSSR count). The van der Waals surface area contributed by atoms with Crippen LogP contribution in [0.25, 0.3) is 12.2 Å². The molecule has 0 saturated heterocycles. The van der Waals surface area contributed by atoms with Gasteiger partial charge in [0.25, 0.3) is 0 Å². The van der Waals surface area contributed by atoms with Gasteiger partial charge in [-0.3, -0.25) is 4.79 Å². The Morgan fingerprint density at radius 1 is 0.818 bits per heavy atom. The van der Waals surface area contributed by atoms with Crippen LogP contribution in [0.3, 0.4) is 0 Å². The third-order valence-corrected chi connectivity index (χ3v) is 4.57. The molecule has 0 heterocycles. The lowest BCUT2D eigenvalue weighted by Crippen LogP contribution is -2.12. The van der Waals surface area contributed by atoms with Crippen LogP contribution in [0.15, 0.2) is 70.2 Å². The van der Waals surface area contributed by atoms with Crippen molar-refractivity contribution in [3.8, 4) is 0 Å². The van der Waals surface area contributed by atoms with E-state index in [0.717, 1.165) is 46.0 Å². The highest BCUT2D eigenvalue weighted by Gasteiger charge is 2.20. The first-order chi connectivity index (χ1) is 10.7. The van der Waals surface area contributed by atoms with Crippen LogP contribution in [-0.4, -0.2) is 5.78 Å². The molecule has 1 saturated carbocycles. The number of allylic oxidation sites excluding steroid dienone is 2. The van der Waals surface area contributed by atoms with Crippen LogP contribution in [-0.2, 0) is 4.79 Å². The van der Waals surface area contributed by atoms with Gasteiger partial charge in [-0.05, 0) is 48.6 Å². The summed E-state index contributed by atoms with van der Waals surface area (Å²) in [6, 6.07) is 18.1. The lowest BCUT2D eigenvalue weighted by atomic mass is 9.87. The molecule has 0 radical (unpaired) electrons. The van der Waals surface area contributed by atoms with Crippen molar-refractivity contribution in [3.63, 3.8) is 0 Å². The highest BCUT2D eigenvalue weighted by Crippen LogP contribution is 2.29. The number of ketones is 1. The first-order valence-electron chi connectivity index (χ1n) is 7.49. The van der Waals surface area contributed by atoms with E-state index in [0.29, 0.717) is 0 Å². The fraction of sp³-hybridized carbons (Fsp3) is 0.150. The minimum Gasteiger partial charge on any atom is -0.289 e. The Morgan fingerprint density at radius 3 is 2.18 bits per heavy atom. The molecule has 2 aromatic carbocycles. The zero-order chi connectivity index (χ0) is 15.4. The highest BCUT2D eigenvalue weighted by atomic mass is 79.9. The van der Waals surface area contributed by atoms with Gasteiger partial charge in [0.1, 0.15) is 0 Å². The van der Waals surface area contributed by atoms with Crippen molar-refractivity contribution < 1.29 is 4.79 Å². The Labute approximate surface area is 139 Å². The van der Waals surface area contributed by atoms with E-state index in [2.05, 4.69) is 15.9 Å². The van der Waals surface area contributed by atoms with E-state index in [1.165, 1.54) is 0 Å². The Bertz CT molecular complexity index is 741. The topological polar surface area (TPSA) is 17.1 Å². The maximum absolute atomic E-state index is 12.7. The maximum atomic E-state index is 12.7. The number of hydrogen-bond donors (Lipinski definition) is 0. The molecule has 0 N–H and O–H groups in total. The summed E-state index contributed by atoms with van der Waals surface area (Å²) >= 11 is 3.54. The van der Waals surface area contributed by atoms with Crippen LogP contribution >= 0.6 is 15.9 Å². The van der Waals surface area contributed by atoms with Gasteiger partial charge in [0.15, 0.2) is 5.78 Å². The summed E-state index contributed by atoms with van der Waals surface area (Å²) in [5.74, 6) is 0.186. The minimum absolute atomic E-state index is 0.186. The lowest BCUT2D eigenvalue weighted by Gasteiger charge is -2.16. The number of rotatable bonds is 2. The summed E-state index contributed by atoms with van der Waals surface area (Å²) in [6.07, 6.45) is 6.79. The molecule has 0 amide bonds. The van der Waals surface area contributed by atoms with Gasteiger partial charge in [-0.25, -0.2) is 0 Å². The van der Waals surface area contributed by atoms with Crippen molar-refractivity contribution in [2.75, 3.05) is 0 Å². The molecule has 22 heavy (non-hydrogen) atoms. The van der Waals surface area contributed by atoms with Gasteiger partial charge in [-0.2, -0.15) is 0 Å². The van der Waals surface area contributed by atoms with E-state index < -0.39 is 0 Å². The molecule has 0 spiro atoms. The SMILES string of the molecule is O=C1/C(=C/c2ccccc2)CCC/C1=C\c1ccccc1Br. The monoisotopic (exact) mass is 352 g/mol. The van der Waals surface area contributed by atoms with E-state index >= 15 is 0 Å². The second-order valence-corrected chi connectivity index (χ2v) is 6.31. The predicted octanol–water partition coefficient (Wildman–Crippen LogP) is 5.67. The van der Waals surface area contributed by atoms with Crippen LogP contribution in [0, 0.1) is 0 Å². The number of hydrogen-bond acceptors (Lipinski definition) is 1. The van der Waals surface area contributed by atoms with E-state index in [-0.39, 0.29) is 5.78 Å². The van der Waals surface area contributed by atoms with Gasteiger partial charge in [0.05, 0.1) is 0 Å². The normalized spacial score (nSPS) is 18.9. The largest absolute Gasteiger partial charge is 0.289 e. The van der Waals surface area contributed by atoms with Gasteiger partial charge >= 0.3 is 0 Å². The van der Waals surface area contributed by atoms with E-state index in [1.807, 2.05) is 66.7 Å². The zero-order valence-electron chi connectivity index (χ0n) is 12.3. The van der Waals surface area contributed by atoms with Gasteiger partial charge in [0.2, 0.25) is 0 Å². The average molecular weight is 353 g/mol. The Balaban J connectivity index is 1.90. The van der Waals surface area contributed by atoms with Gasteiger partial charge in [0, 0.05) is 15.6 Å². The van der Waals surface area contributed by atoms with Crippen LogP contribution in [0.5, 0.6) is 0 Å². The van der Waals surface area contributed by atoms with Crippen molar-refractivity contribution in [2.45, 2.75) is 19.3 Å². The second kappa shape index (κ2) is 6.89. The molecule has 0 atom stereocenters. The average Bonchev–Trinajstić information content (AvgIpc) is 2.54. The van der Waals surface area contributed by atoms with E-state index in [9.17, 15) is 4.79 Å². The molecule has 0 unspecified atom stereocenters. The lowest BCUT2D eigenvalue weighted by molar-refractivity contribution is -0.112.